The van der Waals surface area contributed by atoms with Crippen molar-refractivity contribution in [1.82, 2.24) is 0 Å². The lowest BCUT2D eigenvalue weighted by Gasteiger charge is -2.28. The molecule has 0 radical (unpaired) electrons. The summed E-state index contributed by atoms with van der Waals surface area (Å²) in [5, 5.41) is 47.1. The highest BCUT2D eigenvalue weighted by molar-refractivity contribution is 5.69. The summed E-state index contributed by atoms with van der Waals surface area (Å²) in [6, 6.07) is 0. The van der Waals surface area contributed by atoms with Gasteiger partial charge in [-0.3, -0.25) is 4.79 Å². The van der Waals surface area contributed by atoms with Gasteiger partial charge in [-0.15, -0.1) is 0 Å². The van der Waals surface area contributed by atoms with Gasteiger partial charge in [0.25, 0.3) is 0 Å². The summed E-state index contributed by atoms with van der Waals surface area (Å²) in [4.78, 5) is 12.0. The van der Waals surface area contributed by atoms with Crippen LogP contribution in [0.1, 0.15) is 129 Å². The first-order valence-corrected chi connectivity index (χ1v) is 13.9. The summed E-state index contributed by atoms with van der Waals surface area (Å²) in [7, 11) is 0. The molecule has 0 heterocycles. The fourth-order valence-electron chi connectivity index (χ4n) is 4.19. The number of hydrogen-bond donors (Lipinski definition) is 5. The van der Waals surface area contributed by atoms with E-state index in [1.807, 2.05) is 0 Å². The molecule has 0 aromatic heterocycles. The monoisotopic (exact) mass is 490 g/mol. The van der Waals surface area contributed by atoms with Crippen LogP contribution in [-0.2, 0) is 9.53 Å². The molecule has 0 spiro atoms. The number of ether oxygens (including phenoxy) is 1. The molecule has 4 atom stereocenters. The van der Waals surface area contributed by atoms with Crippen molar-refractivity contribution in [1.29, 1.82) is 0 Å². The van der Waals surface area contributed by atoms with E-state index < -0.39 is 43.6 Å². The van der Waals surface area contributed by atoms with Gasteiger partial charge in [-0.25, -0.2) is 0 Å². The zero-order valence-electron chi connectivity index (χ0n) is 21.7. The van der Waals surface area contributed by atoms with E-state index in [-0.39, 0.29) is 6.42 Å². The van der Waals surface area contributed by atoms with E-state index in [0.717, 1.165) is 19.3 Å². The summed E-state index contributed by atoms with van der Waals surface area (Å²) in [5.41, 5.74) is 0. The standard InChI is InChI=1S/C27H54O7/c1-2-3-4-5-6-7-8-9-10-11-12-13-14-15-16-17-18-19-20-25(32)34-27(24(31)22-29)26(33)23(30)21-28/h23-24,26-31,33H,2-22H2,1H3/t23-,24-,26-,27-/m0/s1. The number of carbonyl (C=O) groups is 1. The summed E-state index contributed by atoms with van der Waals surface area (Å²) in [6.45, 7) is 0.788. The molecule has 0 rings (SSSR count). The third-order valence-corrected chi connectivity index (χ3v) is 6.49. The Morgan fingerprint density at radius 2 is 0.941 bits per heavy atom. The maximum Gasteiger partial charge on any atom is 0.306 e. The first-order valence-electron chi connectivity index (χ1n) is 13.9. The van der Waals surface area contributed by atoms with Crippen LogP contribution < -0.4 is 0 Å². The molecule has 0 saturated carbocycles. The van der Waals surface area contributed by atoms with Gasteiger partial charge in [0.2, 0.25) is 0 Å². The lowest BCUT2D eigenvalue weighted by molar-refractivity contribution is -0.177. The number of aliphatic hydroxyl groups excluding tert-OH is 5. The molecule has 5 N–H and O–H groups in total. The lowest BCUT2D eigenvalue weighted by Crippen LogP contribution is -2.49. The van der Waals surface area contributed by atoms with Gasteiger partial charge in [-0.05, 0) is 6.42 Å². The van der Waals surface area contributed by atoms with Crippen LogP contribution in [0.5, 0.6) is 0 Å². The number of aliphatic hydroxyl groups is 5. The first kappa shape index (κ1) is 33.3. The Morgan fingerprint density at radius 1 is 0.588 bits per heavy atom. The van der Waals surface area contributed by atoms with Crippen LogP contribution in [0, 0.1) is 0 Å². The second-order valence-corrected chi connectivity index (χ2v) is 9.71. The summed E-state index contributed by atoms with van der Waals surface area (Å²) < 4.78 is 5.05. The zero-order chi connectivity index (χ0) is 25.4. The molecule has 0 fully saturated rings. The molecular formula is C27H54O7. The van der Waals surface area contributed by atoms with Crippen molar-refractivity contribution in [2.75, 3.05) is 13.2 Å². The van der Waals surface area contributed by atoms with Gasteiger partial charge >= 0.3 is 5.97 Å². The van der Waals surface area contributed by atoms with Crippen LogP contribution in [0.2, 0.25) is 0 Å². The van der Waals surface area contributed by atoms with Crippen molar-refractivity contribution in [3.05, 3.63) is 0 Å². The predicted octanol–water partition coefficient (Wildman–Crippen LogP) is 4.40. The van der Waals surface area contributed by atoms with Crippen LogP contribution in [0.4, 0.5) is 0 Å². The smallest absolute Gasteiger partial charge is 0.306 e. The SMILES string of the molecule is CCCCCCCCCCCCCCCCCCCCC(=O)O[C@H]([C@@H](O)[C@@H](O)CO)[C@@H](O)CO. The van der Waals surface area contributed by atoms with E-state index in [4.69, 9.17) is 14.9 Å². The summed E-state index contributed by atoms with van der Waals surface area (Å²) in [6.07, 6.45) is 16.6. The Morgan fingerprint density at radius 3 is 1.29 bits per heavy atom. The molecule has 0 aliphatic heterocycles. The molecule has 0 unspecified atom stereocenters. The minimum absolute atomic E-state index is 0.148. The second kappa shape index (κ2) is 24.0. The Kier molecular flexibility index (Phi) is 23.5. The van der Waals surface area contributed by atoms with Gasteiger partial charge in [0.05, 0.1) is 13.2 Å². The summed E-state index contributed by atoms with van der Waals surface area (Å²) >= 11 is 0. The van der Waals surface area contributed by atoms with Crippen molar-refractivity contribution >= 4 is 5.97 Å². The van der Waals surface area contributed by atoms with Crippen molar-refractivity contribution < 1.29 is 35.1 Å². The molecule has 0 aromatic carbocycles. The molecular weight excluding hydrogens is 436 g/mol. The van der Waals surface area contributed by atoms with E-state index in [1.54, 1.807) is 0 Å². The molecule has 0 amide bonds. The van der Waals surface area contributed by atoms with Crippen molar-refractivity contribution in [2.24, 2.45) is 0 Å². The van der Waals surface area contributed by atoms with E-state index in [1.165, 1.54) is 89.9 Å². The molecule has 7 nitrogen and oxygen atoms in total. The molecule has 0 saturated heterocycles. The largest absolute Gasteiger partial charge is 0.457 e. The first-order chi connectivity index (χ1) is 16.5. The number of unbranched alkanes of at least 4 members (excludes halogenated alkanes) is 17. The number of esters is 1. The van der Waals surface area contributed by atoms with Crippen LogP contribution in [-0.4, -0.2) is 69.1 Å². The van der Waals surface area contributed by atoms with Crippen LogP contribution in [0.3, 0.4) is 0 Å². The van der Waals surface area contributed by atoms with Crippen LogP contribution >= 0.6 is 0 Å². The normalized spacial score (nSPS) is 15.1. The van der Waals surface area contributed by atoms with Crippen molar-refractivity contribution in [2.45, 2.75) is 153 Å². The molecule has 0 aliphatic rings. The number of rotatable bonds is 25. The zero-order valence-corrected chi connectivity index (χ0v) is 21.7. The molecule has 0 bridgehead atoms. The van der Waals surface area contributed by atoms with E-state index in [0.29, 0.717) is 6.42 Å². The maximum absolute atomic E-state index is 12.0. The van der Waals surface area contributed by atoms with Crippen LogP contribution in [0.15, 0.2) is 0 Å². The Hall–Kier alpha value is -0.730. The maximum atomic E-state index is 12.0. The van der Waals surface area contributed by atoms with Gasteiger partial charge in [0.1, 0.15) is 18.3 Å². The second-order valence-electron chi connectivity index (χ2n) is 9.71. The predicted molar refractivity (Wildman–Crippen MR) is 135 cm³/mol. The number of hydrogen-bond acceptors (Lipinski definition) is 7. The van der Waals surface area contributed by atoms with Gasteiger partial charge in [-0.2, -0.15) is 0 Å². The highest BCUT2D eigenvalue weighted by atomic mass is 16.6. The third kappa shape index (κ3) is 18.6. The van der Waals surface area contributed by atoms with Gasteiger partial charge in [-0.1, -0.05) is 116 Å². The Bertz CT molecular complexity index is 447. The average molecular weight is 491 g/mol. The van der Waals surface area contributed by atoms with Crippen LogP contribution in [0.25, 0.3) is 0 Å². The minimum atomic E-state index is -1.67. The van der Waals surface area contributed by atoms with E-state index in [9.17, 15) is 20.1 Å². The van der Waals surface area contributed by atoms with Crippen molar-refractivity contribution in [3.8, 4) is 0 Å². The molecule has 0 aromatic rings. The molecule has 0 aliphatic carbocycles. The average Bonchev–Trinajstić information content (AvgIpc) is 2.85. The molecule has 7 heteroatoms. The fraction of sp³-hybridized carbons (Fsp3) is 0.963. The molecule has 204 valence electrons. The Balaban J connectivity index is 3.57. The minimum Gasteiger partial charge on any atom is -0.457 e. The third-order valence-electron chi connectivity index (χ3n) is 6.49. The van der Waals surface area contributed by atoms with E-state index in [2.05, 4.69) is 6.92 Å². The van der Waals surface area contributed by atoms with Gasteiger partial charge in [0, 0.05) is 6.42 Å². The highest BCUT2D eigenvalue weighted by Gasteiger charge is 2.34. The Labute approximate surface area is 207 Å². The van der Waals surface area contributed by atoms with Gasteiger partial charge < -0.3 is 30.3 Å². The highest BCUT2D eigenvalue weighted by Crippen LogP contribution is 2.16. The number of carbonyl (C=O) groups excluding carboxylic acids is 1. The van der Waals surface area contributed by atoms with Gasteiger partial charge in [0.15, 0.2) is 6.10 Å². The quantitative estimate of drug-likeness (QED) is 0.0948. The van der Waals surface area contributed by atoms with Crippen molar-refractivity contribution in [3.63, 3.8) is 0 Å². The lowest BCUT2D eigenvalue weighted by atomic mass is 10.0. The fourth-order valence-corrected chi connectivity index (χ4v) is 4.19. The summed E-state index contributed by atoms with van der Waals surface area (Å²) in [5.74, 6) is -0.599. The molecule has 34 heavy (non-hydrogen) atoms. The van der Waals surface area contributed by atoms with E-state index >= 15 is 0 Å². The topological polar surface area (TPSA) is 127 Å².